The topological polar surface area (TPSA) is 41.6 Å². The number of nitrogens with one attached hydrogen (secondary N) is 1. The molecule has 128 valence electrons. The van der Waals surface area contributed by atoms with Crippen LogP contribution in [0.4, 0.5) is 5.69 Å². The van der Waals surface area contributed by atoms with Crippen LogP contribution in [0.15, 0.2) is 54.6 Å². The average Bonchev–Trinajstić information content (AvgIpc) is 2.57. The maximum atomic E-state index is 12.1. The van der Waals surface area contributed by atoms with Crippen molar-refractivity contribution in [3.05, 3.63) is 60.2 Å². The summed E-state index contributed by atoms with van der Waals surface area (Å²) in [5.41, 5.74) is 1.98. The van der Waals surface area contributed by atoms with Crippen LogP contribution in [0.2, 0.25) is 0 Å². The van der Waals surface area contributed by atoms with Crippen molar-refractivity contribution in [3.8, 4) is 5.75 Å². The van der Waals surface area contributed by atoms with Crippen LogP contribution in [0, 0.1) is 0 Å². The van der Waals surface area contributed by atoms with E-state index in [1.54, 1.807) is 0 Å². The Morgan fingerprint density at radius 2 is 1.79 bits per heavy atom. The molecule has 2 rings (SSSR count). The Hall–Kier alpha value is -2.33. The monoisotopic (exact) mass is 326 g/mol. The third-order valence-electron chi connectivity index (χ3n) is 3.61. The van der Waals surface area contributed by atoms with E-state index in [9.17, 15) is 4.79 Å². The van der Waals surface area contributed by atoms with E-state index in [4.69, 9.17) is 4.74 Å². The molecule has 24 heavy (non-hydrogen) atoms. The van der Waals surface area contributed by atoms with E-state index in [-0.39, 0.29) is 5.91 Å². The predicted octanol–water partition coefficient (Wildman–Crippen LogP) is 3.94. The Labute approximate surface area is 144 Å². The fraction of sp³-hybridized carbons (Fsp3) is 0.350. The van der Waals surface area contributed by atoms with Crippen LogP contribution in [-0.2, 0) is 11.3 Å². The molecule has 0 radical (unpaired) electrons. The lowest BCUT2D eigenvalue weighted by molar-refractivity contribution is -0.117. The first-order valence-electron chi connectivity index (χ1n) is 8.42. The van der Waals surface area contributed by atoms with Crippen molar-refractivity contribution in [3.63, 3.8) is 0 Å². The van der Waals surface area contributed by atoms with Gasteiger partial charge < -0.3 is 10.1 Å². The van der Waals surface area contributed by atoms with Crippen molar-refractivity contribution in [1.29, 1.82) is 0 Å². The van der Waals surface area contributed by atoms with Crippen molar-refractivity contribution in [1.82, 2.24) is 4.90 Å². The lowest BCUT2D eigenvalue weighted by Gasteiger charge is -2.16. The summed E-state index contributed by atoms with van der Waals surface area (Å²) in [4.78, 5) is 14.1. The van der Waals surface area contributed by atoms with E-state index in [0.717, 1.165) is 37.4 Å². The minimum atomic E-state index is -0.0203. The van der Waals surface area contributed by atoms with E-state index < -0.39 is 0 Å². The Morgan fingerprint density at radius 3 is 2.46 bits per heavy atom. The highest BCUT2D eigenvalue weighted by atomic mass is 16.5. The molecule has 0 fully saturated rings. The van der Waals surface area contributed by atoms with Crippen LogP contribution < -0.4 is 10.1 Å². The number of likely N-dealkylation sites (N-methyl/N-ethyl adjacent to an activating group) is 1. The second-order valence-corrected chi connectivity index (χ2v) is 5.93. The molecule has 0 unspecified atom stereocenters. The first kappa shape index (κ1) is 18.0. The fourth-order valence-corrected chi connectivity index (χ4v) is 2.37. The molecule has 0 aliphatic heterocycles. The van der Waals surface area contributed by atoms with Gasteiger partial charge in [-0.05, 0) is 43.3 Å². The molecule has 4 nitrogen and oxygen atoms in total. The number of amides is 1. The maximum absolute atomic E-state index is 12.1. The number of carbonyl (C=O) groups excluding carboxylic acids is 1. The molecule has 2 aromatic carbocycles. The fourth-order valence-electron chi connectivity index (χ4n) is 2.37. The third kappa shape index (κ3) is 6.42. The molecule has 0 bridgehead atoms. The zero-order chi connectivity index (χ0) is 17.2. The molecule has 1 N–H and O–H groups in total. The van der Waals surface area contributed by atoms with E-state index in [0.29, 0.717) is 6.54 Å². The molecule has 0 atom stereocenters. The molecular formula is C20H26N2O2. The van der Waals surface area contributed by atoms with Crippen LogP contribution in [0.5, 0.6) is 5.75 Å². The molecule has 0 aliphatic carbocycles. The van der Waals surface area contributed by atoms with Gasteiger partial charge in [0, 0.05) is 12.2 Å². The van der Waals surface area contributed by atoms with E-state index >= 15 is 0 Å². The minimum absolute atomic E-state index is 0.0203. The molecule has 0 saturated heterocycles. The average molecular weight is 326 g/mol. The van der Waals surface area contributed by atoms with Crippen molar-refractivity contribution < 1.29 is 9.53 Å². The minimum Gasteiger partial charge on any atom is -0.494 e. The molecule has 1 amide bonds. The number of nitrogens with zero attached hydrogens (tertiary/aromatic N) is 1. The van der Waals surface area contributed by atoms with Crippen LogP contribution in [-0.4, -0.2) is 31.0 Å². The summed E-state index contributed by atoms with van der Waals surface area (Å²) in [6.45, 7) is 3.96. The van der Waals surface area contributed by atoms with Gasteiger partial charge in [-0.3, -0.25) is 9.69 Å². The lowest BCUT2D eigenvalue weighted by Crippen LogP contribution is -2.29. The van der Waals surface area contributed by atoms with Gasteiger partial charge in [0.15, 0.2) is 0 Å². The van der Waals surface area contributed by atoms with Gasteiger partial charge >= 0.3 is 0 Å². The Morgan fingerprint density at radius 1 is 1.08 bits per heavy atom. The molecule has 4 heteroatoms. The zero-order valence-corrected chi connectivity index (χ0v) is 14.5. The van der Waals surface area contributed by atoms with Gasteiger partial charge in [0.05, 0.1) is 13.2 Å². The summed E-state index contributed by atoms with van der Waals surface area (Å²) in [6, 6.07) is 17.6. The van der Waals surface area contributed by atoms with Gasteiger partial charge in [0.1, 0.15) is 5.75 Å². The summed E-state index contributed by atoms with van der Waals surface area (Å²) >= 11 is 0. The molecule has 0 spiro atoms. The van der Waals surface area contributed by atoms with Crippen LogP contribution in [0.25, 0.3) is 0 Å². The van der Waals surface area contributed by atoms with E-state index in [1.165, 1.54) is 5.56 Å². The van der Waals surface area contributed by atoms with Crippen LogP contribution in [0.1, 0.15) is 25.3 Å². The number of unbranched alkanes of at least 4 members (excludes halogenated alkanes) is 1. The summed E-state index contributed by atoms with van der Waals surface area (Å²) in [6.07, 6.45) is 2.16. The summed E-state index contributed by atoms with van der Waals surface area (Å²) < 4.78 is 5.62. The molecular weight excluding hydrogens is 300 g/mol. The van der Waals surface area contributed by atoms with Gasteiger partial charge in [0.25, 0.3) is 0 Å². The first-order valence-corrected chi connectivity index (χ1v) is 8.42. The molecule has 2 aromatic rings. The van der Waals surface area contributed by atoms with Gasteiger partial charge in [-0.1, -0.05) is 43.7 Å². The Balaban J connectivity index is 1.77. The van der Waals surface area contributed by atoms with Crippen molar-refractivity contribution in [2.24, 2.45) is 0 Å². The normalized spacial score (nSPS) is 10.6. The van der Waals surface area contributed by atoms with Crippen molar-refractivity contribution in [2.45, 2.75) is 26.3 Å². The molecule has 0 aliphatic rings. The highest BCUT2D eigenvalue weighted by Crippen LogP contribution is 2.16. The second-order valence-electron chi connectivity index (χ2n) is 5.93. The van der Waals surface area contributed by atoms with Gasteiger partial charge in [-0.25, -0.2) is 0 Å². The quantitative estimate of drug-likeness (QED) is 0.710. The number of hydrogen-bond acceptors (Lipinski definition) is 3. The van der Waals surface area contributed by atoms with E-state index in [1.807, 2.05) is 54.4 Å². The Kier molecular flexibility index (Phi) is 7.30. The highest BCUT2D eigenvalue weighted by Gasteiger charge is 2.07. The molecule has 0 saturated carbocycles. The third-order valence-corrected chi connectivity index (χ3v) is 3.61. The largest absolute Gasteiger partial charge is 0.494 e. The molecule has 0 aromatic heterocycles. The Bertz CT molecular complexity index is 611. The van der Waals surface area contributed by atoms with Crippen LogP contribution in [0.3, 0.4) is 0 Å². The number of rotatable bonds is 9. The van der Waals surface area contributed by atoms with Gasteiger partial charge in [0.2, 0.25) is 5.91 Å². The van der Waals surface area contributed by atoms with Crippen LogP contribution >= 0.6 is 0 Å². The lowest BCUT2D eigenvalue weighted by atomic mass is 10.2. The number of ether oxygens (including phenoxy) is 1. The smallest absolute Gasteiger partial charge is 0.238 e. The number of hydrogen-bond donors (Lipinski definition) is 1. The van der Waals surface area contributed by atoms with Gasteiger partial charge in [-0.2, -0.15) is 0 Å². The SMILES string of the molecule is CCCCOc1ccc(NC(=O)CN(C)Cc2ccccc2)cc1. The first-order chi connectivity index (χ1) is 11.7. The highest BCUT2D eigenvalue weighted by molar-refractivity contribution is 5.92. The van der Waals surface area contributed by atoms with Crippen molar-refractivity contribution in [2.75, 3.05) is 25.5 Å². The number of carbonyl (C=O) groups is 1. The zero-order valence-electron chi connectivity index (χ0n) is 14.5. The molecule has 0 heterocycles. The summed E-state index contributed by atoms with van der Waals surface area (Å²) in [7, 11) is 1.94. The summed E-state index contributed by atoms with van der Waals surface area (Å²) in [5, 5.41) is 2.92. The second kappa shape index (κ2) is 9.73. The predicted molar refractivity (Wildman–Crippen MR) is 98.3 cm³/mol. The van der Waals surface area contributed by atoms with E-state index in [2.05, 4.69) is 24.4 Å². The maximum Gasteiger partial charge on any atom is 0.238 e. The number of benzene rings is 2. The van der Waals surface area contributed by atoms with Crippen molar-refractivity contribution >= 4 is 11.6 Å². The standard InChI is InChI=1S/C20H26N2O2/c1-3-4-14-24-19-12-10-18(11-13-19)21-20(23)16-22(2)15-17-8-6-5-7-9-17/h5-13H,3-4,14-16H2,1-2H3,(H,21,23). The number of anilines is 1. The van der Waals surface area contributed by atoms with Gasteiger partial charge in [-0.15, -0.1) is 0 Å². The summed E-state index contributed by atoms with van der Waals surface area (Å²) in [5.74, 6) is 0.815.